The van der Waals surface area contributed by atoms with Crippen molar-refractivity contribution in [2.45, 2.75) is 35.7 Å². The number of nitrogens with zero attached hydrogens (tertiary/aromatic N) is 2. The maximum atomic E-state index is 11.8. The number of ether oxygens (including phenoxy) is 1. The number of hydrogen-bond donors (Lipinski definition) is 1. The highest BCUT2D eigenvalue weighted by molar-refractivity contribution is 8.01. The number of aromatic nitrogens is 2. The number of rotatable bonds is 6. The third-order valence-electron chi connectivity index (χ3n) is 2.56. The van der Waals surface area contributed by atoms with Crippen molar-refractivity contribution >= 4 is 29.1 Å². The fourth-order valence-corrected chi connectivity index (χ4v) is 3.07. The first-order chi connectivity index (χ1) is 8.14. The quantitative estimate of drug-likeness (QED) is 0.623. The first kappa shape index (κ1) is 12.8. The maximum absolute atomic E-state index is 11.8. The highest BCUT2D eigenvalue weighted by Crippen LogP contribution is 2.28. The summed E-state index contributed by atoms with van der Waals surface area (Å²) in [5, 5.41) is 11.1. The van der Waals surface area contributed by atoms with E-state index in [4.69, 9.17) is 4.74 Å². The second kappa shape index (κ2) is 5.32. The van der Waals surface area contributed by atoms with E-state index in [0.29, 0.717) is 11.8 Å². The van der Waals surface area contributed by atoms with Gasteiger partial charge >= 0.3 is 5.97 Å². The zero-order valence-electron chi connectivity index (χ0n) is 9.80. The standard InChI is InChI=1S/C10H15N3O2S2/c1-10(8(14)15-2,12-7-3-4-7)5-16-9-13-11-6-17-9/h6-7,12H,3-5H2,1-2H3. The molecule has 5 nitrogen and oxygen atoms in total. The average molecular weight is 273 g/mol. The summed E-state index contributed by atoms with van der Waals surface area (Å²) in [5.41, 5.74) is 1.04. The summed E-state index contributed by atoms with van der Waals surface area (Å²) in [7, 11) is 1.42. The summed E-state index contributed by atoms with van der Waals surface area (Å²) in [6, 6.07) is 0.453. The predicted octanol–water partition coefficient (Wildman–Crippen LogP) is 1.31. The monoisotopic (exact) mass is 273 g/mol. The van der Waals surface area contributed by atoms with Crippen molar-refractivity contribution in [2.24, 2.45) is 0 Å². The zero-order chi connectivity index (χ0) is 12.3. The van der Waals surface area contributed by atoms with Crippen molar-refractivity contribution in [3.05, 3.63) is 5.51 Å². The average Bonchev–Trinajstić information content (AvgIpc) is 2.97. The van der Waals surface area contributed by atoms with Crippen LogP contribution in [0.5, 0.6) is 0 Å². The molecule has 0 aliphatic heterocycles. The van der Waals surface area contributed by atoms with E-state index in [2.05, 4.69) is 15.5 Å². The molecule has 1 heterocycles. The lowest BCUT2D eigenvalue weighted by Gasteiger charge is -2.27. The molecule has 2 rings (SSSR count). The molecule has 94 valence electrons. The lowest BCUT2D eigenvalue weighted by Crippen LogP contribution is -2.53. The van der Waals surface area contributed by atoms with Crippen LogP contribution in [-0.4, -0.2) is 40.6 Å². The third-order valence-corrected chi connectivity index (χ3v) is 4.74. The Morgan fingerprint density at radius 2 is 2.53 bits per heavy atom. The molecule has 0 saturated heterocycles. The molecule has 1 unspecified atom stereocenters. The van der Waals surface area contributed by atoms with Gasteiger partial charge in [0.15, 0.2) is 4.34 Å². The molecule has 1 aromatic heterocycles. The van der Waals surface area contributed by atoms with E-state index in [9.17, 15) is 4.79 Å². The van der Waals surface area contributed by atoms with Crippen molar-refractivity contribution < 1.29 is 9.53 Å². The first-order valence-corrected chi connectivity index (χ1v) is 7.25. The van der Waals surface area contributed by atoms with E-state index in [1.807, 2.05) is 6.92 Å². The fraction of sp³-hybridized carbons (Fsp3) is 0.700. The number of methoxy groups -OCH3 is 1. The van der Waals surface area contributed by atoms with Crippen molar-refractivity contribution in [1.29, 1.82) is 0 Å². The summed E-state index contributed by atoms with van der Waals surface area (Å²) < 4.78 is 5.74. The molecule has 1 fully saturated rings. The molecule has 1 N–H and O–H groups in total. The van der Waals surface area contributed by atoms with Crippen LogP contribution in [0.1, 0.15) is 19.8 Å². The Bertz CT molecular complexity index is 381. The Morgan fingerprint density at radius 3 is 3.06 bits per heavy atom. The molecule has 0 aromatic carbocycles. The largest absolute Gasteiger partial charge is 0.468 e. The summed E-state index contributed by atoms with van der Waals surface area (Å²) >= 11 is 3.01. The summed E-state index contributed by atoms with van der Waals surface area (Å²) in [6.45, 7) is 1.88. The molecule has 17 heavy (non-hydrogen) atoms. The van der Waals surface area contributed by atoms with Crippen LogP contribution in [0.4, 0.5) is 0 Å². The minimum atomic E-state index is -0.647. The smallest absolute Gasteiger partial charge is 0.326 e. The lowest BCUT2D eigenvalue weighted by atomic mass is 10.1. The second-order valence-corrected chi connectivity index (χ2v) is 6.29. The SMILES string of the molecule is COC(=O)C(C)(CSc1nncs1)NC1CC1. The number of nitrogens with one attached hydrogen (secondary N) is 1. The van der Waals surface area contributed by atoms with Gasteiger partial charge in [-0.15, -0.1) is 10.2 Å². The molecule has 0 amide bonds. The van der Waals surface area contributed by atoms with Crippen LogP contribution in [0.25, 0.3) is 0 Å². The highest BCUT2D eigenvalue weighted by Gasteiger charge is 2.39. The Kier molecular flexibility index (Phi) is 4.01. The number of carbonyl (C=O) groups is 1. The summed E-state index contributed by atoms with van der Waals surface area (Å²) in [6.07, 6.45) is 2.27. The van der Waals surface area contributed by atoms with Gasteiger partial charge in [0.25, 0.3) is 0 Å². The number of thioether (sulfide) groups is 1. The number of esters is 1. The number of hydrogen-bond acceptors (Lipinski definition) is 7. The molecule has 0 spiro atoms. The van der Waals surface area contributed by atoms with Gasteiger partial charge in [-0.1, -0.05) is 23.1 Å². The van der Waals surface area contributed by atoms with E-state index in [1.54, 1.807) is 5.51 Å². The van der Waals surface area contributed by atoms with Gasteiger partial charge in [-0.2, -0.15) is 0 Å². The minimum absolute atomic E-state index is 0.221. The Morgan fingerprint density at radius 1 is 1.76 bits per heavy atom. The third kappa shape index (κ3) is 3.40. The number of carbonyl (C=O) groups excluding carboxylic acids is 1. The molecule has 0 radical (unpaired) electrons. The van der Waals surface area contributed by atoms with Crippen LogP contribution in [0, 0.1) is 0 Å². The first-order valence-electron chi connectivity index (χ1n) is 5.39. The van der Waals surface area contributed by atoms with E-state index in [1.165, 1.54) is 30.2 Å². The Labute approximate surface area is 108 Å². The maximum Gasteiger partial charge on any atom is 0.326 e. The van der Waals surface area contributed by atoms with Gasteiger partial charge in [-0.25, -0.2) is 0 Å². The molecule has 1 aliphatic rings. The molecule has 1 saturated carbocycles. The summed E-state index contributed by atoms with van der Waals surface area (Å²) in [4.78, 5) is 11.8. The van der Waals surface area contributed by atoms with Crippen LogP contribution in [0.15, 0.2) is 9.85 Å². The van der Waals surface area contributed by atoms with Crippen LogP contribution in [-0.2, 0) is 9.53 Å². The van der Waals surface area contributed by atoms with E-state index < -0.39 is 5.54 Å². The van der Waals surface area contributed by atoms with Gasteiger partial charge in [0, 0.05) is 11.8 Å². The zero-order valence-corrected chi connectivity index (χ0v) is 11.4. The van der Waals surface area contributed by atoms with Gasteiger partial charge in [-0.05, 0) is 19.8 Å². The second-order valence-electron chi connectivity index (χ2n) is 4.24. The van der Waals surface area contributed by atoms with Crippen molar-refractivity contribution in [1.82, 2.24) is 15.5 Å². The van der Waals surface area contributed by atoms with Crippen LogP contribution >= 0.6 is 23.1 Å². The summed E-state index contributed by atoms with van der Waals surface area (Å²) in [5.74, 6) is 0.382. The topological polar surface area (TPSA) is 64.1 Å². The lowest BCUT2D eigenvalue weighted by molar-refractivity contribution is -0.146. The van der Waals surface area contributed by atoms with Gasteiger partial charge in [0.05, 0.1) is 7.11 Å². The van der Waals surface area contributed by atoms with Crippen molar-refractivity contribution in [3.8, 4) is 0 Å². The van der Waals surface area contributed by atoms with Crippen LogP contribution < -0.4 is 5.32 Å². The molecule has 1 atom stereocenters. The van der Waals surface area contributed by atoms with E-state index >= 15 is 0 Å². The molecule has 1 aromatic rings. The van der Waals surface area contributed by atoms with Gasteiger partial charge < -0.3 is 4.74 Å². The van der Waals surface area contributed by atoms with Gasteiger partial charge in [-0.3, -0.25) is 10.1 Å². The molecule has 7 heteroatoms. The minimum Gasteiger partial charge on any atom is -0.468 e. The van der Waals surface area contributed by atoms with Crippen LogP contribution in [0.3, 0.4) is 0 Å². The normalized spacial score (nSPS) is 18.7. The van der Waals surface area contributed by atoms with Gasteiger partial charge in [0.2, 0.25) is 0 Å². The van der Waals surface area contributed by atoms with Gasteiger partial charge in [0.1, 0.15) is 11.0 Å². The van der Waals surface area contributed by atoms with Crippen molar-refractivity contribution in [2.75, 3.05) is 12.9 Å². The Balaban J connectivity index is 1.96. The fourth-order valence-electron chi connectivity index (χ4n) is 1.49. The molecular formula is C10H15N3O2S2. The van der Waals surface area contributed by atoms with Crippen molar-refractivity contribution in [3.63, 3.8) is 0 Å². The highest BCUT2D eigenvalue weighted by atomic mass is 32.2. The Hall–Kier alpha value is -0.660. The van der Waals surface area contributed by atoms with E-state index in [0.717, 1.165) is 17.2 Å². The predicted molar refractivity (Wildman–Crippen MR) is 67.2 cm³/mol. The van der Waals surface area contributed by atoms with Crippen LogP contribution in [0.2, 0.25) is 0 Å². The van der Waals surface area contributed by atoms with E-state index in [-0.39, 0.29) is 5.97 Å². The molecular weight excluding hydrogens is 258 g/mol. The molecule has 0 bridgehead atoms. The molecule has 1 aliphatic carbocycles.